The predicted octanol–water partition coefficient (Wildman–Crippen LogP) is 4.92. The molecule has 8 heteroatoms. The van der Waals surface area contributed by atoms with Gasteiger partial charge in [-0.25, -0.2) is 4.98 Å². The molecule has 186 valence electrons. The minimum Gasteiger partial charge on any atom is -0.436 e. The average molecular weight is 495 g/mol. The van der Waals surface area contributed by atoms with E-state index in [1.165, 1.54) is 0 Å². The number of nitrogens with one attached hydrogen (secondary N) is 2. The van der Waals surface area contributed by atoms with Crippen molar-refractivity contribution in [1.29, 1.82) is 0 Å². The number of hydrogen-bond acceptors (Lipinski definition) is 5. The molecule has 2 N–H and O–H groups in total. The van der Waals surface area contributed by atoms with E-state index in [2.05, 4.69) is 15.3 Å². The number of carbonyl (C=O) groups is 2. The maximum absolute atomic E-state index is 13.2. The normalized spacial score (nSPS) is 16.2. The fourth-order valence-electron chi connectivity index (χ4n) is 4.91. The molecular weight excluding hydrogens is 468 g/mol. The Morgan fingerprint density at radius 2 is 1.84 bits per heavy atom. The van der Waals surface area contributed by atoms with E-state index < -0.39 is 0 Å². The number of morpholine rings is 1. The summed E-state index contributed by atoms with van der Waals surface area (Å²) in [5, 5.41) is 2.94. The summed E-state index contributed by atoms with van der Waals surface area (Å²) in [6.07, 6.45) is 3.51. The van der Waals surface area contributed by atoms with E-state index in [4.69, 9.17) is 9.15 Å². The van der Waals surface area contributed by atoms with Crippen LogP contribution in [0.4, 0.5) is 5.69 Å². The number of benzene rings is 2. The second-order valence-electron chi connectivity index (χ2n) is 9.24. The number of aryl methyl sites for hydroxylation is 1. The first-order valence-electron chi connectivity index (χ1n) is 12.2. The first-order valence-corrected chi connectivity index (χ1v) is 12.2. The lowest BCUT2D eigenvalue weighted by molar-refractivity contribution is -0.110. The van der Waals surface area contributed by atoms with Gasteiger partial charge in [-0.1, -0.05) is 18.2 Å². The predicted molar refractivity (Wildman–Crippen MR) is 141 cm³/mol. The number of oxazole rings is 1. The Kier molecular flexibility index (Phi) is 5.73. The van der Waals surface area contributed by atoms with Crippen molar-refractivity contribution >= 4 is 29.2 Å². The third-order valence-electron chi connectivity index (χ3n) is 6.89. The van der Waals surface area contributed by atoms with Gasteiger partial charge in [0.25, 0.3) is 11.8 Å². The molecule has 6 rings (SSSR count). The van der Waals surface area contributed by atoms with Gasteiger partial charge in [-0.15, -0.1) is 0 Å². The monoisotopic (exact) mass is 494 g/mol. The highest BCUT2D eigenvalue weighted by Gasteiger charge is 2.28. The minimum absolute atomic E-state index is 0.0164. The molecule has 0 aliphatic carbocycles. The summed E-state index contributed by atoms with van der Waals surface area (Å²) in [5.41, 5.74) is 6.73. The molecule has 2 aliphatic heterocycles. The largest absolute Gasteiger partial charge is 0.436 e. The number of rotatable bonds is 4. The number of ether oxygens (including phenoxy) is 1. The lowest BCUT2D eigenvalue weighted by Crippen LogP contribution is -2.41. The number of hydrogen-bond donors (Lipinski definition) is 2. The fraction of sp³-hybridized carbons (Fsp3) is 0.207. The number of fused-ring (bicyclic) bond motifs is 1. The van der Waals surface area contributed by atoms with Crippen LogP contribution in [0.3, 0.4) is 0 Å². The van der Waals surface area contributed by atoms with Crippen LogP contribution in [-0.2, 0) is 9.53 Å². The Hall–Kier alpha value is -4.43. The van der Waals surface area contributed by atoms with Crippen molar-refractivity contribution in [3.63, 3.8) is 0 Å². The minimum atomic E-state index is -0.192. The second-order valence-corrected chi connectivity index (χ2v) is 9.24. The van der Waals surface area contributed by atoms with Crippen LogP contribution in [0.1, 0.15) is 32.9 Å². The SMILES string of the molecule is Cc1[nH]c(/C=C2\C(=O)Nc3ccc(-c4cnc(-c5ccccc5)o4)cc32)c(C)c1C(=O)N1CCOCC1. The van der Waals surface area contributed by atoms with Gasteiger partial charge in [0.05, 0.1) is 30.5 Å². The molecule has 1 fully saturated rings. The maximum atomic E-state index is 13.2. The molecule has 0 radical (unpaired) electrons. The average Bonchev–Trinajstić information content (AvgIpc) is 3.61. The molecule has 0 bridgehead atoms. The highest BCUT2D eigenvalue weighted by Crippen LogP contribution is 2.37. The summed E-state index contributed by atoms with van der Waals surface area (Å²) in [5.74, 6) is 0.946. The standard InChI is InChI=1S/C29H26N4O4/c1-17-24(31-18(2)26(17)29(35)33-10-12-36-13-11-33)15-22-21-14-20(8-9-23(21)32-27(22)34)25-16-30-28(37-25)19-6-4-3-5-7-19/h3-9,14-16,31H,10-13H2,1-2H3,(H,32,34)/b22-15-. The first-order chi connectivity index (χ1) is 18.0. The van der Waals surface area contributed by atoms with E-state index >= 15 is 0 Å². The van der Waals surface area contributed by atoms with Crippen molar-refractivity contribution in [2.45, 2.75) is 13.8 Å². The first kappa shape index (κ1) is 23.0. The number of aromatic nitrogens is 2. The second kappa shape index (κ2) is 9.22. The topological polar surface area (TPSA) is 100 Å². The summed E-state index contributed by atoms with van der Waals surface area (Å²) in [7, 11) is 0. The summed E-state index contributed by atoms with van der Waals surface area (Å²) in [6.45, 7) is 6.03. The van der Waals surface area contributed by atoms with Gasteiger partial charge in [0.1, 0.15) is 0 Å². The smallest absolute Gasteiger partial charge is 0.256 e. The zero-order valence-corrected chi connectivity index (χ0v) is 20.6. The summed E-state index contributed by atoms with van der Waals surface area (Å²) < 4.78 is 11.4. The Bertz CT molecular complexity index is 1540. The Balaban J connectivity index is 1.34. The van der Waals surface area contributed by atoms with Gasteiger partial charge in [0.15, 0.2) is 5.76 Å². The van der Waals surface area contributed by atoms with Gasteiger partial charge in [0.2, 0.25) is 5.89 Å². The molecule has 0 spiro atoms. The van der Waals surface area contributed by atoms with Crippen molar-refractivity contribution in [3.05, 3.63) is 82.8 Å². The molecule has 4 heterocycles. The number of anilines is 1. The van der Waals surface area contributed by atoms with E-state index in [-0.39, 0.29) is 11.8 Å². The van der Waals surface area contributed by atoms with E-state index in [9.17, 15) is 9.59 Å². The highest BCUT2D eigenvalue weighted by atomic mass is 16.5. The highest BCUT2D eigenvalue weighted by molar-refractivity contribution is 6.35. The van der Waals surface area contributed by atoms with Crippen LogP contribution in [0.5, 0.6) is 0 Å². The number of aromatic amines is 1. The number of amides is 2. The van der Waals surface area contributed by atoms with Crippen LogP contribution in [0, 0.1) is 13.8 Å². The quantitative estimate of drug-likeness (QED) is 0.392. The van der Waals surface area contributed by atoms with Crippen molar-refractivity contribution in [2.24, 2.45) is 0 Å². The summed E-state index contributed by atoms with van der Waals surface area (Å²) in [6, 6.07) is 15.4. The molecule has 1 saturated heterocycles. The van der Waals surface area contributed by atoms with Crippen LogP contribution in [0.2, 0.25) is 0 Å². The molecule has 2 aromatic carbocycles. The number of H-pyrrole nitrogens is 1. The molecule has 0 unspecified atom stereocenters. The Morgan fingerprint density at radius 1 is 1.05 bits per heavy atom. The van der Waals surface area contributed by atoms with E-state index in [0.29, 0.717) is 49.1 Å². The molecule has 4 aromatic rings. The zero-order valence-electron chi connectivity index (χ0n) is 20.6. The lowest BCUT2D eigenvalue weighted by Gasteiger charge is -2.27. The molecule has 0 saturated carbocycles. The van der Waals surface area contributed by atoms with Crippen molar-refractivity contribution in [3.8, 4) is 22.8 Å². The van der Waals surface area contributed by atoms with Crippen molar-refractivity contribution in [1.82, 2.24) is 14.9 Å². The zero-order chi connectivity index (χ0) is 25.5. The van der Waals surface area contributed by atoms with Crippen molar-refractivity contribution < 1.29 is 18.7 Å². The van der Waals surface area contributed by atoms with Crippen LogP contribution < -0.4 is 5.32 Å². The molecular formula is C29H26N4O4. The molecule has 0 atom stereocenters. The molecule has 2 aromatic heterocycles. The maximum Gasteiger partial charge on any atom is 0.256 e. The van der Waals surface area contributed by atoms with Crippen molar-refractivity contribution in [2.75, 3.05) is 31.6 Å². The molecule has 2 aliphatic rings. The number of nitrogens with zero attached hydrogens (tertiary/aromatic N) is 2. The Labute approximate surface area is 214 Å². The molecule has 37 heavy (non-hydrogen) atoms. The lowest BCUT2D eigenvalue weighted by atomic mass is 10.0. The van der Waals surface area contributed by atoms with Gasteiger partial charge in [-0.3, -0.25) is 9.59 Å². The van der Waals surface area contributed by atoms with Gasteiger partial charge in [-0.05, 0) is 55.8 Å². The van der Waals surface area contributed by atoms with Crippen LogP contribution in [0.15, 0.2) is 59.1 Å². The van der Waals surface area contributed by atoms with Crippen LogP contribution in [-0.4, -0.2) is 53.0 Å². The van der Waals surface area contributed by atoms with Gasteiger partial charge >= 0.3 is 0 Å². The summed E-state index contributed by atoms with van der Waals surface area (Å²) >= 11 is 0. The molecule has 8 nitrogen and oxygen atoms in total. The molecule has 2 amide bonds. The third kappa shape index (κ3) is 4.15. The van der Waals surface area contributed by atoms with E-state index in [1.807, 2.05) is 73.4 Å². The van der Waals surface area contributed by atoms with Gasteiger partial charge < -0.3 is 24.4 Å². The fourth-order valence-corrected chi connectivity index (χ4v) is 4.91. The summed E-state index contributed by atoms with van der Waals surface area (Å²) in [4.78, 5) is 35.7. The number of carbonyl (C=O) groups excluding carboxylic acids is 2. The van der Waals surface area contributed by atoms with E-state index in [0.717, 1.165) is 39.3 Å². The van der Waals surface area contributed by atoms with Crippen LogP contribution >= 0.6 is 0 Å². The van der Waals surface area contributed by atoms with E-state index in [1.54, 1.807) is 6.20 Å². The van der Waals surface area contributed by atoms with Crippen LogP contribution in [0.25, 0.3) is 34.4 Å². The Morgan fingerprint density at radius 3 is 2.62 bits per heavy atom. The third-order valence-corrected chi connectivity index (χ3v) is 6.89. The van der Waals surface area contributed by atoms with Gasteiger partial charge in [-0.2, -0.15) is 0 Å². The van der Waals surface area contributed by atoms with Gasteiger partial charge in [0, 0.05) is 46.9 Å².